The first-order chi connectivity index (χ1) is 38.7. The lowest BCUT2D eigenvalue weighted by atomic mass is 9.94. The number of para-hydroxylation sites is 6. The zero-order chi connectivity index (χ0) is 50.5. The summed E-state index contributed by atoms with van der Waals surface area (Å²) in [6, 6.07) is 89.9. The molecule has 0 atom stereocenters. The molecule has 358 valence electrons. The third kappa shape index (κ3) is 5.04. The third-order valence-electron chi connectivity index (χ3n) is 17.6. The minimum Gasteiger partial charge on any atom is -0.309 e. The molecule has 0 aliphatic rings. The van der Waals surface area contributed by atoms with Crippen LogP contribution in [0.3, 0.4) is 0 Å². The van der Waals surface area contributed by atoms with Crippen LogP contribution in [-0.4, -0.2) is 22.9 Å². The van der Waals surface area contributed by atoms with E-state index in [0.29, 0.717) is 0 Å². The molecule has 0 fully saturated rings. The lowest BCUT2D eigenvalue weighted by Crippen LogP contribution is -1.93. The Morgan fingerprint density at radius 3 is 1.21 bits per heavy atom. The third-order valence-corrected chi connectivity index (χ3v) is 17.6. The van der Waals surface area contributed by atoms with E-state index in [2.05, 4.69) is 267 Å². The highest BCUT2D eigenvalue weighted by Crippen LogP contribution is 2.51. The van der Waals surface area contributed by atoms with Gasteiger partial charge >= 0.3 is 0 Å². The van der Waals surface area contributed by atoms with Gasteiger partial charge in [-0.2, -0.15) is 0 Å². The molecular weight excluding hydrogens is 947 g/mol. The number of hydrogen-bond acceptors (Lipinski definition) is 1. The molecule has 0 aliphatic carbocycles. The second-order valence-corrected chi connectivity index (χ2v) is 21.4. The quantitative estimate of drug-likeness (QED) is 0.173. The van der Waals surface area contributed by atoms with Gasteiger partial charge in [0, 0.05) is 87.1 Å². The van der Waals surface area contributed by atoms with Crippen molar-refractivity contribution in [3.8, 4) is 33.6 Å². The number of benzene rings is 12. The maximum absolute atomic E-state index is 5.70. The molecule has 0 saturated heterocycles. The Bertz CT molecular complexity index is 5440. The van der Waals surface area contributed by atoms with Crippen molar-refractivity contribution in [2.45, 2.75) is 0 Å². The van der Waals surface area contributed by atoms with Crippen molar-refractivity contribution in [2.24, 2.45) is 0 Å². The molecule has 7 aromatic heterocycles. The highest BCUT2D eigenvalue weighted by molar-refractivity contribution is 6.39. The Hall–Kier alpha value is -10.5. The van der Waals surface area contributed by atoms with Gasteiger partial charge in [-0.3, -0.25) is 4.40 Å². The molecule has 0 bridgehead atoms. The Morgan fingerprint density at radius 1 is 0.256 bits per heavy atom. The van der Waals surface area contributed by atoms with Crippen LogP contribution in [0.4, 0.5) is 0 Å². The normalized spacial score (nSPS) is 12.6. The van der Waals surface area contributed by atoms with Gasteiger partial charge in [-0.05, 0) is 105 Å². The van der Waals surface area contributed by atoms with Gasteiger partial charge in [0.25, 0.3) is 0 Å². The van der Waals surface area contributed by atoms with Crippen LogP contribution in [0.1, 0.15) is 0 Å². The van der Waals surface area contributed by atoms with E-state index >= 15 is 0 Å². The van der Waals surface area contributed by atoms with Gasteiger partial charge in [-0.25, -0.2) is 4.98 Å². The lowest BCUT2D eigenvalue weighted by Gasteiger charge is -2.12. The number of fused-ring (bicyclic) bond motifs is 23. The summed E-state index contributed by atoms with van der Waals surface area (Å²) in [4.78, 5) is 5.70. The van der Waals surface area contributed by atoms with Crippen molar-refractivity contribution in [2.75, 3.05) is 0 Å². The summed E-state index contributed by atoms with van der Waals surface area (Å²) in [7, 11) is 0. The Labute approximate surface area is 444 Å². The summed E-state index contributed by atoms with van der Waals surface area (Å²) in [5.74, 6) is 0. The summed E-state index contributed by atoms with van der Waals surface area (Å²) in [5, 5.41) is 19.8. The summed E-state index contributed by atoms with van der Waals surface area (Å²) in [5.41, 5.74) is 18.8. The van der Waals surface area contributed by atoms with Crippen molar-refractivity contribution in [1.29, 1.82) is 0 Å². The summed E-state index contributed by atoms with van der Waals surface area (Å²) in [6.45, 7) is 0. The van der Waals surface area contributed by atoms with Crippen molar-refractivity contribution in [3.63, 3.8) is 0 Å². The maximum atomic E-state index is 5.70. The first kappa shape index (κ1) is 40.8. The molecule has 0 N–H and O–H groups in total. The molecule has 0 unspecified atom stereocenters. The maximum Gasteiger partial charge on any atom is 0.146 e. The molecule has 5 heteroatoms. The SMILES string of the molecule is c1ccc(-n2c3ccccc3c3cc(-c4cc5ccccc5c5c6cccc7c8c9c%10cccc%11c%12c%13ccccc%13cc(-c%13ccc%14c(c%13)c%13ccccc%13n%14-c%13ccccc%13)c%12n(c9ncc8n(c45)c76)c%10%11)ccc32)cc1. The molecule has 0 radical (unpaired) electrons. The lowest BCUT2D eigenvalue weighted by molar-refractivity contribution is 1.18. The number of aromatic nitrogens is 5. The smallest absolute Gasteiger partial charge is 0.146 e. The molecular formula is C73H41N5. The molecule has 7 heterocycles. The number of nitrogens with zero attached hydrogens (tertiary/aromatic N) is 5. The van der Waals surface area contributed by atoms with Crippen LogP contribution in [0.15, 0.2) is 249 Å². The van der Waals surface area contributed by atoms with E-state index in [4.69, 9.17) is 4.98 Å². The average molecular weight is 988 g/mol. The fourth-order valence-electron chi connectivity index (χ4n) is 14.5. The predicted octanol–water partition coefficient (Wildman–Crippen LogP) is 19.2. The zero-order valence-electron chi connectivity index (χ0n) is 41.9. The summed E-state index contributed by atoms with van der Waals surface area (Å²) < 4.78 is 9.88. The Kier molecular flexibility index (Phi) is 7.68. The van der Waals surface area contributed by atoms with Crippen LogP contribution in [0.5, 0.6) is 0 Å². The van der Waals surface area contributed by atoms with E-state index in [-0.39, 0.29) is 0 Å². The van der Waals surface area contributed by atoms with Gasteiger partial charge in [0.05, 0.1) is 55.8 Å². The predicted molar refractivity (Wildman–Crippen MR) is 328 cm³/mol. The minimum absolute atomic E-state index is 0.978. The summed E-state index contributed by atoms with van der Waals surface area (Å²) >= 11 is 0. The van der Waals surface area contributed by atoms with Crippen LogP contribution >= 0.6 is 0 Å². The van der Waals surface area contributed by atoms with Gasteiger partial charge in [-0.15, -0.1) is 0 Å². The van der Waals surface area contributed by atoms with E-state index in [0.717, 1.165) is 22.5 Å². The van der Waals surface area contributed by atoms with Crippen LogP contribution in [0.25, 0.3) is 175 Å². The Balaban J connectivity index is 0.922. The van der Waals surface area contributed by atoms with Crippen LogP contribution < -0.4 is 0 Å². The fourth-order valence-corrected chi connectivity index (χ4v) is 14.5. The molecule has 0 saturated carbocycles. The molecule has 12 aromatic carbocycles. The zero-order valence-corrected chi connectivity index (χ0v) is 41.9. The van der Waals surface area contributed by atoms with Crippen LogP contribution in [-0.2, 0) is 0 Å². The standard InChI is InChI=1S/C73H41N5/c1-3-19-46(20-4-1)75-60-31-13-11-25-50(60)58-39-44(33-35-62(58)75)56-37-42-17-7-9-23-48(42)65-52-27-15-29-54-67-64(77(69(52)54)71(56)65)41-74-73-68(67)55-30-16-28-53-66-49-24-10-8-18-43(49)38-57(72(66)78(73)70(53)55)45-34-36-63-59(40-45)51-26-12-14-32-61(51)76(63)47-21-5-2-6-22-47/h1-41H. The van der Waals surface area contributed by atoms with E-state index < -0.39 is 0 Å². The second kappa shape index (κ2) is 14.7. The van der Waals surface area contributed by atoms with Crippen LogP contribution in [0, 0.1) is 0 Å². The number of pyridine rings is 1. The molecule has 0 amide bonds. The fraction of sp³-hybridized carbons (Fsp3) is 0. The van der Waals surface area contributed by atoms with E-state index in [9.17, 15) is 0 Å². The van der Waals surface area contributed by atoms with Gasteiger partial charge in [0.1, 0.15) is 5.65 Å². The van der Waals surface area contributed by atoms with Crippen molar-refractivity contribution in [3.05, 3.63) is 249 Å². The largest absolute Gasteiger partial charge is 0.309 e. The van der Waals surface area contributed by atoms with Crippen molar-refractivity contribution in [1.82, 2.24) is 22.9 Å². The number of hydrogen-bond donors (Lipinski definition) is 0. The van der Waals surface area contributed by atoms with E-state index in [1.165, 1.54) is 153 Å². The molecule has 0 spiro atoms. The molecule has 78 heavy (non-hydrogen) atoms. The number of rotatable bonds is 4. The molecule has 19 aromatic rings. The first-order valence-corrected chi connectivity index (χ1v) is 27.0. The van der Waals surface area contributed by atoms with Gasteiger partial charge < -0.3 is 13.5 Å². The monoisotopic (exact) mass is 987 g/mol. The van der Waals surface area contributed by atoms with Gasteiger partial charge in [0.15, 0.2) is 0 Å². The summed E-state index contributed by atoms with van der Waals surface area (Å²) in [6.07, 6.45) is 2.18. The van der Waals surface area contributed by atoms with E-state index in [1.807, 2.05) is 0 Å². The van der Waals surface area contributed by atoms with E-state index in [1.54, 1.807) is 0 Å². The highest BCUT2D eigenvalue weighted by atomic mass is 15.0. The van der Waals surface area contributed by atoms with Crippen molar-refractivity contribution >= 4 is 141 Å². The first-order valence-electron chi connectivity index (χ1n) is 27.0. The van der Waals surface area contributed by atoms with Gasteiger partial charge in [0.2, 0.25) is 0 Å². The highest BCUT2D eigenvalue weighted by Gasteiger charge is 2.29. The van der Waals surface area contributed by atoms with Gasteiger partial charge in [-0.1, -0.05) is 170 Å². The minimum atomic E-state index is 0.978. The Morgan fingerprint density at radius 2 is 0.667 bits per heavy atom. The van der Waals surface area contributed by atoms with Crippen molar-refractivity contribution < 1.29 is 0 Å². The topological polar surface area (TPSA) is 31.6 Å². The molecule has 19 rings (SSSR count). The average Bonchev–Trinajstić information content (AvgIpc) is 4.51. The second-order valence-electron chi connectivity index (χ2n) is 21.4. The molecule has 0 aliphatic heterocycles. The molecule has 5 nitrogen and oxygen atoms in total. The van der Waals surface area contributed by atoms with Crippen LogP contribution in [0.2, 0.25) is 0 Å².